The second-order valence-electron chi connectivity index (χ2n) is 8.03. The number of nitrogens with zero attached hydrogens (tertiary/aromatic N) is 1. The van der Waals surface area contributed by atoms with Crippen LogP contribution < -0.4 is 4.90 Å². The molecule has 120 valence electrons. The highest BCUT2D eigenvalue weighted by molar-refractivity contribution is 6.25. The van der Waals surface area contributed by atoms with Crippen LogP contribution >= 0.6 is 0 Å². The summed E-state index contributed by atoms with van der Waals surface area (Å²) in [7, 11) is 0. The van der Waals surface area contributed by atoms with E-state index in [4.69, 9.17) is 0 Å². The lowest BCUT2D eigenvalue weighted by molar-refractivity contribution is -0.129. The van der Waals surface area contributed by atoms with Gasteiger partial charge < -0.3 is 0 Å². The van der Waals surface area contributed by atoms with Gasteiger partial charge in [-0.25, -0.2) is 4.90 Å². The zero-order valence-corrected chi connectivity index (χ0v) is 13.4. The average Bonchev–Trinajstić information content (AvgIpc) is 3.39. The van der Waals surface area contributed by atoms with Gasteiger partial charge in [0.25, 0.3) is 0 Å². The number of carbonyl (C=O) groups is 2. The molecule has 3 nitrogen and oxygen atoms in total. The molecule has 1 aliphatic heterocycles. The van der Waals surface area contributed by atoms with Crippen LogP contribution in [0, 0.1) is 35.5 Å². The molecule has 2 aromatic carbocycles. The topological polar surface area (TPSA) is 37.4 Å². The van der Waals surface area contributed by atoms with Crippen molar-refractivity contribution in [3.05, 3.63) is 42.5 Å². The van der Waals surface area contributed by atoms with Crippen LogP contribution in [0.5, 0.6) is 0 Å². The first kappa shape index (κ1) is 13.2. The van der Waals surface area contributed by atoms with E-state index in [1.54, 1.807) is 0 Å². The normalized spacial score (nSPS) is 39.2. The molecule has 0 radical (unpaired) electrons. The Hall–Kier alpha value is -2.16. The van der Waals surface area contributed by atoms with Gasteiger partial charge in [0.15, 0.2) is 0 Å². The van der Waals surface area contributed by atoms with E-state index >= 15 is 0 Å². The summed E-state index contributed by atoms with van der Waals surface area (Å²) in [5, 5.41) is 2.08. The molecule has 24 heavy (non-hydrogen) atoms. The molecule has 3 heteroatoms. The van der Waals surface area contributed by atoms with Crippen LogP contribution in [0.1, 0.15) is 19.3 Å². The van der Waals surface area contributed by atoms with Crippen LogP contribution in [0.2, 0.25) is 0 Å². The zero-order chi connectivity index (χ0) is 16.0. The minimum absolute atomic E-state index is 0.0426. The van der Waals surface area contributed by atoms with Crippen molar-refractivity contribution in [2.45, 2.75) is 19.3 Å². The second kappa shape index (κ2) is 4.27. The Morgan fingerprint density at radius 1 is 0.750 bits per heavy atom. The average molecular weight is 317 g/mol. The number of imide groups is 1. The van der Waals surface area contributed by atoms with Crippen molar-refractivity contribution in [2.75, 3.05) is 4.90 Å². The summed E-state index contributed by atoms with van der Waals surface area (Å²) < 4.78 is 0. The van der Waals surface area contributed by atoms with E-state index < -0.39 is 0 Å². The number of hydrogen-bond acceptors (Lipinski definition) is 2. The van der Waals surface area contributed by atoms with Crippen molar-refractivity contribution in [3.8, 4) is 0 Å². The molecule has 0 aromatic heterocycles. The van der Waals surface area contributed by atoms with Crippen molar-refractivity contribution < 1.29 is 9.59 Å². The summed E-state index contributed by atoms with van der Waals surface area (Å²) in [4.78, 5) is 28.0. The lowest BCUT2D eigenvalue weighted by Gasteiger charge is -2.42. The van der Waals surface area contributed by atoms with Gasteiger partial charge in [0.1, 0.15) is 0 Å². The summed E-state index contributed by atoms with van der Waals surface area (Å²) in [5.74, 6) is 2.44. The van der Waals surface area contributed by atoms with Crippen LogP contribution in [0.4, 0.5) is 5.69 Å². The first-order valence-corrected chi connectivity index (χ1v) is 9.11. The molecular weight excluding hydrogens is 298 g/mol. The Morgan fingerprint density at radius 2 is 1.38 bits per heavy atom. The molecule has 5 aliphatic rings. The fourth-order valence-electron chi connectivity index (χ4n) is 6.18. The summed E-state index contributed by atoms with van der Waals surface area (Å²) in [6.07, 6.45) is 3.56. The maximum atomic E-state index is 13.3. The van der Waals surface area contributed by atoms with E-state index in [1.807, 2.05) is 42.5 Å². The lowest BCUT2D eigenvalue weighted by atomic mass is 9.59. The third-order valence-electron chi connectivity index (χ3n) is 7.15. The van der Waals surface area contributed by atoms with Crippen molar-refractivity contribution >= 4 is 28.3 Å². The predicted molar refractivity (Wildman–Crippen MR) is 91.2 cm³/mol. The van der Waals surface area contributed by atoms with Gasteiger partial charge in [0.2, 0.25) is 11.8 Å². The third-order valence-corrected chi connectivity index (χ3v) is 7.15. The molecule has 5 fully saturated rings. The second-order valence-corrected chi connectivity index (χ2v) is 8.03. The minimum Gasteiger partial charge on any atom is -0.274 e. The fourth-order valence-corrected chi connectivity index (χ4v) is 6.18. The highest BCUT2D eigenvalue weighted by Crippen LogP contribution is 2.68. The Bertz CT molecular complexity index is 864. The molecule has 6 atom stereocenters. The van der Waals surface area contributed by atoms with E-state index in [0.717, 1.165) is 41.1 Å². The van der Waals surface area contributed by atoms with Gasteiger partial charge in [-0.1, -0.05) is 36.4 Å². The molecule has 4 saturated carbocycles. The quantitative estimate of drug-likeness (QED) is 0.753. The molecule has 1 heterocycles. The van der Waals surface area contributed by atoms with Crippen molar-refractivity contribution in [1.29, 1.82) is 0 Å². The van der Waals surface area contributed by atoms with E-state index in [-0.39, 0.29) is 23.7 Å². The van der Waals surface area contributed by atoms with Gasteiger partial charge in [0.05, 0.1) is 17.5 Å². The first-order chi connectivity index (χ1) is 11.8. The number of benzene rings is 2. The number of hydrogen-bond donors (Lipinski definition) is 0. The van der Waals surface area contributed by atoms with Crippen LogP contribution in [-0.2, 0) is 9.59 Å². The van der Waals surface area contributed by atoms with E-state index in [0.29, 0.717) is 11.8 Å². The molecule has 0 unspecified atom stereocenters. The molecule has 0 N–H and O–H groups in total. The number of fused-ring (bicyclic) bond motifs is 2. The molecule has 2 amide bonds. The molecule has 0 spiro atoms. The lowest BCUT2D eigenvalue weighted by Crippen LogP contribution is -2.43. The first-order valence-electron chi connectivity index (χ1n) is 9.11. The standard InChI is InChI=1S/C21H19NO2/c23-20-18-13-8-9-14(16-10-15(13)16)19(18)21(24)22(20)17-7-3-5-11-4-1-2-6-12(11)17/h1-7,13-16,18-19H,8-10H2/t13-,14+,15-,16+,18-,19+. The number of rotatable bonds is 1. The smallest absolute Gasteiger partial charge is 0.238 e. The largest absolute Gasteiger partial charge is 0.274 e. The van der Waals surface area contributed by atoms with Gasteiger partial charge in [-0.15, -0.1) is 0 Å². The van der Waals surface area contributed by atoms with Crippen molar-refractivity contribution in [1.82, 2.24) is 0 Å². The van der Waals surface area contributed by atoms with E-state index in [2.05, 4.69) is 0 Å². The predicted octanol–water partition coefficient (Wildman–Crippen LogP) is 3.62. The highest BCUT2D eigenvalue weighted by atomic mass is 16.2. The number of carbonyl (C=O) groups excluding carboxylic acids is 2. The molecule has 2 aromatic rings. The van der Waals surface area contributed by atoms with Crippen LogP contribution in [0.25, 0.3) is 10.8 Å². The summed E-state index contributed by atoms with van der Waals surface area (Å²) in [5.41, 5.74) is 0.783. The van der Waals surface area contributed by atoms with Crippen LogP contribution in [0.15, 0.2) is 42.5 Å². The van der Waals surface area contributed by atoms with E-state index in [1.165, 1.54) is 11.3 Å². The van der Waals surface area contributed by atoms with Gasteiger partial charge in [-0.2, -0.15) is 0 Å². The fraction of sp³-hybridized carbons (Fsp3) is 0.429. The van der Waals surface area contributed by atoms with Crippen LogP contribution in [0.3, 0.4) is 0 Å². The Morgan fingerprint density at radius 3 is 2.08 bits per heavy atom. The SMILES string of the molecule is O=C1[C@@H]2[C@@H]3CC[C@@H]([C@@H]4C[C@@H]43)[C@@H]2C(=O)N1c1cccc2ccccc12. The Kier molecular flexibility index (Phi) is 2.34. The van der Waals surface area contributed by atoms with Crippen LogP contribution in [-0.4, -0.2) is 11.8 Å². The summed E-state index contributed by atoms with van der Waals surface area (Å²) >= 11 is 0. The van der Waals surface area contributed by atoms with Gasteiger partial charge >= 0.3 is 0 Å². The number of amides is 2. The third kappa shape index (κ3) is 1.44. The summed E-state index contributed by atoms with van der Waals surface area (Å²) in [6.45, 7) is 0. The Labute approximate surface area is 140 Å². The molecular formula is C21H19NO2. The Balaban J connectivity index is 1.51. The maximum Gasteiger partial charge on any atom is 0.238 e. The molecule has 1 saturated heterocycles. The maximum absolute atomic E-state index is 13.3. The number of anilines is 1. The zero-order valence-electron chi connectivity index (χ0n) is 13.4. The highest BCUT2D eigenvalue weighted by Gasteiger charge is 2.68. The van der Waals surface area contributed by atoms with Gasteiger partial charge in [-0.05, 0) is 54.4 Å². The van der Waals surface area contributed by atoms with Gasteiger partial charge in [0, 0.05) is 5.39 Å². The van der Waals surface area contributed by atoms with E-state index in [9.17, 15) is 9.59 Å². The summed E-state index contributed by atoms with van der Waals surface area (Å²) in [6, 6.07) is 13.9. The molecule has 2 bridgehead atoms. The molecule has 4 aliphatic carbocycles. The monoisotopic (exact) mass is 317 g/mol. The molecule has 7 rings (SSSR count). The van der Waals surface area contributed by atoms with Gasteiger partial charge in [-0.3, -0.25) is 9.59 Å². The minimum atomic E-state index is -0.0426. The van der Waals surface area contributed by atoms with Crippen molar-refractivity contribution in [3.63, 3.8) is 0 Å². The van der Waals surface area contributed by atoms with Crippen molar-refractivity contribution in [2.24, 2.45) is 35.5 Å².